The highest BCUT2D eigenvalue weighted by atomic mass is 16.5. The number of aliphatic hydroxyl groups is 1. The summed E-state index contributed by atoms with van der Waals surface area (Å²) in [5, 5.41) is 10.3. The molecule has 2 aromatic rings. The van der Waals surface area contributed by atoms with E-state index in [1.807, 2.05) is 30.3 Å². The molecule has 0 radical (unpaired) electrons. The average molecular weight is 385 g/mol. The Labute approximate surface area is 165 Å². The lowest BCUT2D eigenvalue weighted by atomic mass is 9.94. The first-order valence-electron chi connectivity index (χ1n) is 9.42. The van der Waals surface area contributed by atoms with Crippen molar-refractivity contribution in [3.05, 3.63) is 42.4 Å². The highest BCUT2D eigenvalue weighted by Gasteiger charge is 2.36. The average Bonchev–Trinajstić information content (AvgIpc) is 2.73. The molecule has 0 bridgehead atoms. The number of ether oxygens (including phenoxy) is 2. The van der Waals surface area contributed by atoms with Crippen molar-refractivity contribution in [2.75, 3.05) is 33.9 Å². The molecule has 1 fully saturated rings. The number of rotatable bonds is 6. The zero-order valence-electron chi connectivity index (χ0n) is 16.6. The Bertz CT molecular complexity index is 800. The van der Waals surface area contributed by atoms with E-state index in [-0.39, 0.29) is 18.4 Å². The molecule has 1 aliphatic heterocycles. The van der Waals surface area contributed by atoms with Gasteiger partial charge in [-0.1, -0.05) is 0 Å². The lowest BCUT2D eigenvalue weighted by Crippen LogP contribution is -2.52. The first-order chi connectivity index (χ1) is 13.4. The SMILES string of the molecule is COCC(C)(O)C(=O)N1CCC(c2nccc(-c3ccc(OC)cc3)n2)CC1. The number of benzene rings is 1. The standard InChI is InChI=1S/C21H27N3O4/c1-21(26,14-27-2)20(25)24-12-9-16(10-13-24)19-22-11-8-18(23-19)15-4-6-17(28-3)7-5-15/h4-8,11,16,26H,9-10,12-14H2,1-3H3. The Morgan fingerprint density at radius 2 is 1.89 bits per heavy atom. The maximum absolute atomic E-state index is 12.5. The minimum Gasteiger partial charge on any atom is -0.497 e. The van der Waals surface area contributed by atoms with Gasteiger partial charge in [0.1, 0.15) is 11.6 Å². The molecule has 1 aromatic carbocycles. The van der Waals surface area contributed by atoms with Crippen LogP contribution in [0.2, 0.25) is 0 Å². The smallest absolute Gasteiger partial charge is 0.256 e. The topological polar surface area (TPSA) is 84.8 Å². The fourth-order valence-corrected chi connectivity index (χ4v) is 3.52. The minimum atomic E-state index is -1.49. The van der Waals surface area contributed by atoms with E-state index < -0.39 is 5.60 Å². The lowest BCUT2D eigenvalue weighted by molar-refractivity contribution is -0.155. The Kier molecular flexibility index (Phi) is 6.26. The molecule has 150 valence electrons. The van der Waals surface area contributed by atoms with Gasteiger partial charge in [0.25, 0.3) is 5.91 Å². The summed E-state index contributed by atoms with van der Waals surface area (Å²) >= 11 is 0. The molecule has 0 saturated carbocycles. The minimum absolute atomic E-state index is 0.0151. The summed E-state index contributed by atoms with van der Waals surface area (Å²) in [6.07, 6.45) is 3.31. The van der Waals surface area contributed by atoms with Crippen molar-refractivity contribution >= 4 is 5.91 Å². The first kappa shape index (κ1) is 20.2. The number of hydrogen-bond donors (Lipinski definition) is 1. The zero-order valence-corrected chi connectivity index (χ0v) is 16.6. The van der Waals surface area contributed by atoms with Crippen molar-refractivity contribution in [2.24, 2.45) is 0 Å². The van der Waals surface area contributed by atoms with Gasteiger partial charge >= 0.3 is 0 Å². The number of hydrogen-bond acceptors (Lipinski definition) is 6. The molecule has 3 rings (SSSR count). The predicted octanol–water partition coefficient (Wildman–Crippen LogP) is 2.26. The van der Waals surface area contributed by atoms with Crippen LogP contribution >= 0.6 is 0 Å². The summed E-state index contributed by atoms with van der Waals surface area (Å²) in [4.78, 5) is 23.4. The molecule has 2 heterocycles. The number of carbonyl (C=O) groups is 1. The van der Waals surface area contributed by atoms with E-state index in [1.165, 1.54) is 14.0 Å². The fraction of sp³-hybridized carbons (Fsp3) is 0.476. The Morgan fingerprint density at radius 1 is 1.21 bits per heavy atom. The number of carbonyl (C=O) groups excluding carboxylic acids is 1. The van der Waals surface area contributed by atoms with Crippen molar-refractivity contribution < 1.29 is 19.4 Å². The monoisotopic (exact) mass is 385 g/mol. The third-order valence-corrected chi connectivity index (χ3v) is 5.09. The van der Waals surface area contributed by atoms with Crippen LogP contribution in [-0.4, -0.2) is 65.4 Å². The molecule has 1 aliphatic rings. The summed E-state index contributed by atoms with van der Waals surface area (Å²) < 4.78 is 10.2. The lowest BCUT2D eigenvalue weighted by Gasteiger charge is -2.35. The second-order valence-corrected chi connectivity index (χ2v) is 7.30. The molecule has 1 aromatic heterocycles. The molecular formula is C21H27N3O4. The van der Waals surface area contributed by atoms with Gasteiger partial charge in [0, 0.05) is 37.9 Å². The Morgan fingerprint density at radius 3 is 2.50 bits per heavy atom. The zero-order chi connectivity index (χ0) is 20.1. The number of piperidine rings is 1. The van der Waals surface area contributed by atoms with E-state index in [2.05, 4.69) is 4.98 Å². The Balaban J connectivity index is 1.67. The van der Waals surface area contributed by atoms with Crippen LogP contribution < -0.4 is 4.74 Å². The van der Waals surface area contributed by atoms with Crippen molar-refractivity contribution in [1.29, 1.82) is 0 Å². The maximum Gasteiger partial charge on any atom is 0.256 e. The van der Waals surface area contributed by atoms with Gasteiger partial charge in [-0.05, 0) is 50.1 Å². The normalized spacial score (nSPS) is 17.2. The summed E-state index contributed by atoms with van der Waals surface area (Å²) in [5.74, 6) is 1.50. The van der Waals surface area contributed by atoms with Crippen molar-refractivity contribution in [3.8, 4) is 17.0 Å². The molecule has 0 spiro atoms. The summed E-state index contributed by atoms with van der Waals surface area (Å²) in [7, 11) is 3.12. The van der Waals surface area contributed by atoms with Gasteiger partial charge in [-0.25, -0.2) is 9.97 Å². The second kappa shape index (κ2) is 8.67. The van der Waals surface area contributed by atoms with Gasteiger partial charge in [-0.2, -0.15) is 0 Å². The predicted molar refractivity (Wildman–Crippen MR) is 105 cm³/mol. The summed E-state index contributed by atoms with van der Waals surface area (Å²) in [6.45, 7) is 2.62. The second-order valence-electron chi connectivity index (χ2n) is 7.30. The van der Waals surface area contributed by atoms with Gasteiger partial charge in [0.2, 0.25) is 0 Å². The highest BCUT2D eigenvalue weighted by Crippen LogP contribution is 2.28. The van der Waals surface area contributed by atoms with Crippen molar-refractivity contribution in [3.63, 3.8) is 0 Å². The van der Waals surface area contributed by atoms with Crippen LogP contribution in [0.15, 0.2) is 36.5 Å². The van der Waals surface area contributed by atoms with Crippen molar-refractivity contribution in [1.82, 2.24) is 14.9 Å². The van der Waals surface area contributed by atoms with Crippen LogP contribution in [0.1, 0.15) is 31.5 Å². The van der Waals surface area contributed by atoms with Crippen LogP contribution in [0.3, 0.4) is 0 Å². The number of likely N-dealkylation sites (tertiary alicyclic amines) is 1. The van der Waals surface area contributed by atoms with Crippen LogP contribution in [0, 0.1) is 0 Å². The summed E-state index contributed by atoms with van der Waals surface area (Å²) in [6, 6.07) is 9.67. The molecule has 1 saturated heterocycles. The van der Waals surface area contributed by atoms with E-state index in [0.29, 0.717) is 13.1 Å². The van der Waals surface area contributed by atoms with Gasteiger partial charge < -0.3 is 19.5 Å². The van der Waals surface area contributed by atoms with E-state index in [4.69, 9.17) is 14.5 Å². The molecule has 7 heteroatoms. The highest BCUT2D eigenvalue weighted by molar-refractivity contribution is 5.84. The van der Waals surface area contributed by atoms with Gasteiger partial charge in [-0.3, -0.25) is 4.79 Å². The fourth-order valence-electron chi connectivity index (χ4n) is 3.52. The van der Waals surface area contributed by atoms with Crippen molar-refractivity contribution in [2.45, 2.75) is 31.3 Å². The largest absolute Gasteiger partial charge is 0.497 e. The van der Waals surface area contributed by atoms with Gasteiger partial charge in [0.05, 0.1) is 19.4 Å². The van der Waals surface area contributed by atoms with Gasteiger partial charge in [-0.15, -0.1) is 0 Å². The third-order valence-electron chi connectivity index (χ3n) is 5.09. The van der Waals surface area contributed by atoms with Crippen LogP contribution in [-0.2, 0) is 9.53 Å². The molecule has 1 atom stereocenters. The van der Waals surface area contributed by atoms with E-state index in [1.54, 1.807) is 18.2 Å². The summed E-state index contributed by atoms with van der Waals surface area (Å²) in [5.41, 5.74) is 0.383. The molecule has 0 aliphatic carbocycles. The Hall–Kier alpha value is -2.51. The number of methoxy groups -OCH3 is 2. The van der Waals surface area contributed by atoms with Crippen LogP contribution in [0.25, 0.3) is 11.3 Å². The van der Waals surface area contributed by atoms with Crippen LogP contribution in [0.4, 0.5) is 0 Å². The van der Waals surface area contributed by atoms with E-state index in [9.17, 15) is 9.90 Å². The number of nitrogens with zero attached hydrogens (tertiary/aromatic N) is 3. The van der Waals surface area contributed by atoms with Crippen LogP contribution in [0.5, 0.6) is 5.75 Å². The van der Waals surface area contributed by atoms with E-state index in [0.717, 1.165) is 35.7 Å². The third kappa shape index (κ3) is 4.48. The molecule has 28 heavy (non-hydrogen) atoms. The van der Waals surface area contributed by atoms with E-state index >= 15 is 0 Å². The molecule has 1 amide bonds. The number of amides is 1. The molecular weight excluding hydrogens is 358 g/mol. The number of aromatic nitrogens is 2. The molecule has 1 unspecified atom stereocenters. The first-order valence-corrected chi connectivity index (χ1v) is 9.42. The van der Waals surface area contributed by atoms with Gasteiger partial charge in [0.15, 0.2) is 5.60 Å². The quantitative estimate of drug-likeness (QED) is 0.821. The molecule has 1 N–H and O–H groups in total. The maximum atomic E-state index is 12.5. The molecule has 7 nitrogen and oxygen atoms in total.